The highest BCUT2D eigenvalue weighted by molar-refractivity contribution is 9.10. The van der Waals surface area contributed by atoms with Gasteiger partial charge in [-0.3, -0.25) is 10.1 Å². The highest BCUT2D eigenvalue weighted by Crippen LogP contribution is 2.53. The molecule has 156 valence electrons. The van der Waals surface area contributed by atoms with Crippen molar-refractivity contribution in [1.29, 1.82) is 0 Å². The molecule has 3 heterocycles. The molecule has 1 aromatic heterocycles. The molecule has 5 rings (SSSR count). The number of pyridine rings is 1. The number of amides is 1. The Morgan fingerprint density at radius 1 is 1.16 bits per heavy atom. The minimum absolute atomic E-state index is 0.0290. The number of halogens is 3. The van der Waals surface area contributed by atoms with E-state index in [2.05, 4.69) is 31.2 Å². The minimum Gasteiger partial charge on any atom is -0.452 e. The number of hydrogen-bond acceptors (Lipinski definition) is 5. The number of amidine groups is 1. The standard InChI is InChI=1S/C22H14BrClFN3O3/c23-13-6-7-16-14(10-13)22(15-11-17(24)27-19(25)18(15)30-16)8-9-26-21(31-22)28-20(29)12-4-2-1-3-5-12/h1-7,10-11H,8-9H2,(H,26,28,29)/t22-/m0/s1. The van der Waals surface area contributed by atoms with Crippen LogP contribution in [0.25, 0.3) is 0 Å². The number of aromatic nitrogens is 1. The van der Waals surface area contributed by atoms with Crippen LogP contribution in [0.3, 0.4) is 0 Å². The smallest absolute Gasteiger partial charge is 0.292 e. The van der Waals surface area contributed by atoms with Crippen molar-refractivity contribution in [1.82, 2.24) is 10.3 Å². The molecule has 0 saturated heterocycles. The molecule has 0 fully saturated rings. The van der Waals surface area contributed by atoms with Gasteiger partial charge >= 0.3 is 0 Å². The Bertz CT molecular complexity index is 1240. The number of nitrogens with zero attached hydrogens (tertiary/aromatic N) is 2. The maximum absolute atomic E-state index is 14.7. The zero-order valence-corrected chi connectivity index (χ0v) is 18.2. The molecule has 1 N–H and O–H groups in total. The SMILES string of the molecule is O=C(NC1=NCC[C@]2(O1)c1cc(Br)ccc1Oc1c2cc(Cl)nc1F)c1ccccc1. The van der Waals surface area contributed by atoms with E-state index in [1.165, 1.54) is 6.07 Å². The summed E-state index contributed by atoms with van der Waals surface area (Å²) in [5.74, 6) is -0.835. The number of carbonyl (C=O) groups excluding carboxylic acids is 1. The molecule has 2 aromatic carbocycles. The fourth-order valence-corrected chi connectivity index (χ4v) is 4.34. The number of hydrogen-bond donors (Lipinski definition) is 1. The first-order valence-corrected chi connectivity index (χ1v) is 10.6. The molecule has 9 heteroatoms. The third kappa shape index (κ3) is 3.45. The third-order valence-electron chi connectivity index (χ3n) is 5.17. The zero-order chi connectivity index (χ0) is 21.6. The molecular formula is C22H14BrClFN3O3. The van der Waals surface area contributed by atoms with Crippen molar-refractivity contribution >= 4 is 39.5 Å². The summed E-state index contributed by atoms with van der Waals surface area (Å²) in [7, 11) is 0. The van der Waals surface area contributed by atoms with Crippen LogP contribution in [0, 0.1) is 5.95 Å². The van der Waals surface area contributed by atoms with Gasteiger partial charge in [0.1, 0.15) is 10.9 Å². The molecule has 0 radical (unpaired) electrons. The average Bonchev–Trinajstić information content (AvgIpc) is 2.76. The van der Waals surface area contributed by atoms with E-state index in [1.54, 1.807) is 36.4 Å². The Labute approximate surface area is 190 Å². The van der Waals surface area contributed by atoms with E-state index in [9.17, 15) is 9.18 Å². The van der Waals surface area contributed by atoms with Gasteiger partial charge in [-0.05, 0) is 36.4 Å². The van der Waals surface area contributed by atoms with Crippen LogP contribution < -0.4 is 10.1 Å². The van der Waals surface area contributed by atoms with Crippen molar-refractivity contribution in [2.75, 3.05) is 6.54 Å². The van der Waals surface area contributed by atoms with E-state index in [0.29, 0.717) is 35.4 Å². The van der Waals surface area contributed by atoms with E-state index in [0.717, 1.165) is 4.47 Å². The molecule has 1 amide bonds. The van der Waals surface area contributed by atoms with E-state index < -0.39 is 11.5 Å². The van der Waals surface area contributed by atoms with Crippen molar-refractivity contribution in [3.63, 3.8) is 0 Å². The average molecular weight is 503 g/mol. The molecule has 6 nitrogen and oxygen atoms in total. The van der Waals surface area contributed by atoms with Crippen molar-refractivity contribution < 1.29 is 18.7 Å². The van der Waals surface area contributed by atoms with E-state index in [-0.39, 0.29) is 22.8 Å². The van der Waals surface area contributed by atoms with Crippen molar-refractivity contribution in [2.24, 2.45) is 4.99 Å². The second kappa shape index (κ2) is 7.62. The van der Waals surface area contributed by atoms with Crippen LogP contribution in [0.1, 0.15) is 27.9 Å². The molecule has 0 aliphatic carbocycles. The van der Waals surface area contributed by atoms with Gasteiger partial charge in [0.05, 0.1) is 5.56 Å². The predicted molar refractivity (Wildman–Crippen MR) is 116 cm³/mol. The van der Waals surface area contributed by atoms with Crippen LogP contribution in [0.2, 0.25) is 5.15 Å². The number of benzene rings is 2. The number of nitrogens with one attached hydrogen (secondary N) is 1. The summed E-state index contributed by atoms with van der Waals surface area (Å²) in [6.07, 6.45) is 0.386. The molecule has 1 spiro atoms. The largest absolute Gasteiger partial charge is 0.452 e. The van der Waals surface area contributed by atoms with Crippen molar-refractivity contribution in [3.8, 4) is 11.5 Å². The van der Waals surface area contributed by atoms with Gasteiger partial charge < -0.3 is 9.47 Å². The molecule has 1 atom stereocenters. The van der Waals surface area contributed by atoms with Gasteiger partial charge in [0.2, 0.25) is 0 Å². The van der Waals surface area contributed by atoms with Gasteiger partial charge in [-0.15, -0.1) is 0 Å². The van der Waals surface area contributed by atoms with Crippen molar-refractivity contribution in [3.05, 3.63) is 86.9 Å². The predicted octanol–water partition coefficient (Wildman–Crippen LogP) is 5.19. The number of ether oxygens (including phenoxy) is 2. The lowest BCUT2D eigenvalue weighted by molar-refractivity contribution is 0.0561. The number of carbonyl (C=O) groups is 1. The Kier molecular flexibility index (Phi) is 4.91. The quantitative estimate of drug-likeness (QED) is 0.465. The minimum atomic E-state index is -1.17. The molecule has 0 bridgehead atoms. The summed E-state index contributed by atoms with van der Waals surface area (Å²) in [4.78, 5) is 20.6. The Morgan fingerprint density at radius 2 is 1.97 bits per heavy atom. The highest BCUT2D eigenvalue weighted by Gasteiger charge is 2.48. The fourth-order valence-electron chi connectivity index (χ4n) is 3.80. The van der Waals surface area contributed by atoms with Crippen molar-refractivity contribution in [2.45, 2.75) is 12.0 Å². The number of aliphatic imine (C=N–C) groups is 1. The van der Waals surface area contributed by atoms with Crippen LogP contribution in [-0.2, 0) is 10.3 Å². The lowest BCUT2D eigenvalue weighted by Crippen LogP contribution is -2.46. The topological polar surface area (TPSA) is 72.8 Å². The summed E-state index contributed by atoms with van der Waals surface area (Å²) in [6, 6.07) is 15.6. The normalized spacial score (nSPS) is 18.9. The van der Waals surface area contributed by atoms with E-state index >= 15 is 0 Å². The summed E-state index contributed by atoms with van der Waals surface area (Å²) in [5, 5.41) is 2.68. The molecule has 31 heavy (non-hydrogen) atoms. The molecule has 2 aliphatic rings. The van der Waals surface area contributed by atoms with E-state index in [1.807, 2.05) is 12.1 Å². The summed E-state index contributed by atoms with van der Waals surface area (Å²) >= 11 is 9.54. The van der Waals surface area contributed by atoms with Gasteiger partial charge in [-0.25, -0.2) is 9.98 Å². The molecule has 2 aliphatic heterocycles. The van der Waals surface area contributed by atoms with Crippen LogP contribution in [-0.4, -0.2) is 23.5 Å². The monoisotopic (exact) mass is 501 g/mol. The second-order valence-corrected chi connectivity index (χ2v) is 8.34. The van der Waals surface area contributed by atoms with Gasteiger partial charge in [0.15, 0.2) is 11.4 Å². The second-order valence-electron chi connectivity index (χ2n) is 7.04. The third-order valence-corrected chi connectivity index (χ3v) is 5.86. The Balaban J connectivity index is 1.59. The lowest BCUT2D eigenvalue weighted by Gasteiger charge is -2.41. The first kappa shape index (κ1) is 20.0. The van der Waals surface area contributed by atoms with Crippen LogP contribution in [0.5, 0.6) is 11.5 Å². The van der Waals surface area contributed by atoms with Gasteiger partial charge in [-0.1, -0.05) is 45.7 Å². The molecule has 3 aromatic rings. The van der Waals surface area contributed by atoms with Gasteiger partial charge in [0.25, 0.3) is 17.9 Å². The summed E-state index contributed by atoms with van der Waals surface area (Å²) in [6.45, 7) is 0.331. The maximum Gasteiger partial charge on any atom is 0.292 e. The zero-order valence-electron chi connectivity index (χ0n) is 15.9. The maximum atomic E-state index is 14.7. The van der Waals surface area contributed by atoms with Gasteiger partial charge in [0, 0.05) is 28.6 Å². The lowest BCUT2D eigenvalue weighted by atomic mass is 9.80. The van der Waals surface area contributed by atoms with Crippen LogP contribution in [0.4, 0.5) is 4.39 Å². The molecular weight excluding hydrogens is 489 g/mol. The highest BCUT2D eigenvalue weighted by atomic mass is 79.9. The first-order valence-electron chi connectivity index (χ1n) is 9.40. The molecule has 0 unspecified atom stereocenters. The summed E-state index contributed by atoms with van der Waals surface area (Å²) in [5.41, 5.74) is 0.345. The number of fused-ring (bicyclic) bond motifs is 4. The Hall–Kier alpha value is -2.97. The fraction of sp³-hybridized carbons (Fsp3) is 0.136. The van der Waals surface area contributed by atoms with Crippen LogP contribution in [0.15, 0.2) is 64.1 Å². The van der Waals surface area contributed by atoms with E-state index in [4.69, 9.17) is 21.1 Å². The Morgan fingerprint density at radius 3 is 2.77 bits per heavy atom. The van der Waals surface area contributed by atoms with Crippen LogP contribution >= 0.6 is 27.5 Å². The first-order chi connectivity index (χ1) is 15.0. The van der Waals surface area contributed by atoms with Gasteiger partial charge in [-0.2, -0.15) is 4.39 Å². The number of rotatable bonds is 1. The summed E-state index contributed by atoms with van der Waals surface area (Å²) < 4.78 is 27.6. The molecule has 0 saturated carbocycles.